The highest BCUT2D eigenvalue weighted by atomic mass is 32.2. The molecule has 0 saturated carbocycles. The molecule has 0 unspecified atom stereocenters. The summed E-state index contributed by atoms with van der Waals surface area (Å²) in [6.07, 6.45) is 1.78. The molecule has 1 heterocycles. The molecule has 1 fully saturated rings. The summed E-state index contributed by atoms with van der Waals surface area (Å²) in [6, 6.07) is 19.3. The summed E-state index contributed by atoms with van der Waals surface area (Å²) in [5.41, 5.74) is 3.68. The van der Waals surface area contributed by atoms with Crippen molar-refractivity contribution in [2.24, 2.45) is 0 Å². The first-order chi connectivity index (χ1) is 15.9. The third-order valence-electron chi connectivity index (χ3n) is 4.85. The van der Waals surface area contributed by atoms with Crippen molar-refractivity contribution in [1.29, 1.82) is 0 Å². The Bertz CT molecular complexity index is 1200. The zero-order valence-electron chi connectivity index (χ0n) is 18.2. The van der Waals surface area contributed by atoms with Crippen molar-refractivity contribution >= 4 is 46.0 Å². The van der Waals surface area contributed by atoms with E-state index >= 15 is 0 Å². The van der Waals surface area contributed by atoms with Crippen LogP contribution in [0.1, 0.15) is 16.7 Å². The Morgan fingerprint density at radius 3 is 2.30 bits per heavy atom. The van der Waals surface area contributed by atoms with Crippen LogP contribution >= 0.6 is 24.0 Å². The molecule has 0 spiro atoms. The van der Waals surface area contributed by atoms with Crippen molar-refractivity contribution in [1.82, 2.24) is 0 Å². The maximum atomic E-state index is 13.2. The Hall–Kier alpha value is -3.16. The third-order valence-corrected chi connectivity index (χ3v) is 6.15. The standard InChI is InChI=1S/C26H22FNO3S2/c1-17-12-18(2)14-23(13-17)31-11-10-30-22-5-3-4-19(15-22)16-24-25(29)28(26(32)33-24)21-8-6-20(27)7-9-21/h3-9,12-16H,10-11H2,1-2H3. The third kappa shape index (κ3) is 5.80. The molecule has 1 aliphatic rings. The zero-order valence-corrected chi connectivity index (χ0v) is 19.8. The smallest absolute Gasteiger partial charge is 0.270 e. The van der Waals surface area contributed by atoms with Crippen molar-refractivity contribution in [3.05, 3.63) is 94.1 Å². The van der Waals surface area contributed by atoms with Crippen LogP contribution in [0, 0.1) is 19.7 Å². The van der Waals surface area contributed by atoms with Gasteiger partial charge < -0.3 is 9.47 Å². The molecule has 3 aromatic carbocycles. The summed E-state index contributed by atoms with van der Waals surface area (Å²) < 4.78 is 25.2. The fourth-order valence-corrected chi connectivity index (χ4v) is 4.76. The highest BCUT2D eigenvalue weighted by Gasteiger charge is 2.33. The van der Waals surface area contributed by atoms with Gasteiger partial charge in [-0.15, -0.1) is 0 Å². The molecule has 1 saturated heterocycles. The molecule has 4 rings (SSSR count). The number of benzene rings is 3. The zero-order chi connectivity index (χ0) is 23.4. The summed E-state index contributed by atoms with van der Waals surface area (Å²) in [7, 11) is 0. The van der Waals surface area contributed by atoms with Crippen LogP contribution in [0.3, 0.4) is 0 Å². The molecule has 168 valence electrons. The molecular formula is C26H22FNO3S2. The number of anilines is 1. The number of halogens is 1. The van der Waals surface area contributed by atoms with Crippen LogP contribution in [0.15, 0.2) is 71.6 Å². The van der Waals surface area contributed by atoms with Gasteiger partial charge >= 0.3 is 0 Å². The van der Waals surface area contributed by atoms with Crippen LogP contribution in [0.5, 0.6) is 11.5 Å². The number of rotatable bonds is 7. The lowest BCUT2D eigenvalue weighted by Crippen LogP contribution is -2.27. The SMILES string of the molecule is Cc1cc(C)cc(OCCOc2cccc(C=C3SC(=S)N(c4ccc(F)cc4)C3=O)c2)c1. The summed E-state index contributed by atoms with van der Waals surface area (Å²) in [4.78, 5) is 14.8. The minimum Gasteiger partial charge on any atom is -0.490 e. The molecule has 7 heteroatoms. The lowest BCUT2D eigenvalue weighted by atomic mass is 10.1. The van der Waals surface area contributed by atoms with Gasteiger partial charge in [-0.3, -0.25) is 9.69 Å². The van der Waals surface area contributed by atoms with E-state index in [1.807, 2.05) is 50.2 Å². The van der Waals surface area contributed by atoms with Crippen molar-refractivity contribution in [3.8, 4) is 11.5 Å². The van der Waals surface area contributed by atoms with E-state index in [-0.39, 0.29) is 11.7 Å². The summed E-state index contributed by atoms with van der Waals surface area (Å²) in [6.45, 7) is 4.89. The number of ether oxygens (including phenoxy) is 2. The van der Waals surface area contributed by atoms with Crippen LogP contribution in [-0.2, 0) is 4.79 Å². The van der Waals surface area contributed by atoms with Gasteiger partial charge in [-0.1, -0.05) is 42.2 Å². The van der Waals surface area contributed by atoms with Crippen molar-refractivity contribution in [2.45, 2.75) is 13.8 Å². The van der Waals surface area contributed by atoms with Gasteiger partial charge in [0.2, 0.25) is 0 Å². The number of carbonyl (C=O) groups excluding carboxylic acids is 1. The van der Waals surface area contributed by atoms with Gasteiger partial charge in [-0.05, 0) is 85.1 Å². The van der Waals surface area contributed by atoms with Gasteiger partial charge in [0, 0.05) is 0 Å². The second-order valence-electron chi connectivity index (χ2n) is 7.59. The van der Waals surface area contributed by atoms with Crippen LogP contribution in [0.4, 0.5) is 10.1 Å². The van der Waals surface area contributed by atoms with E-state index in [9.17, 15) is 9.18 Å². The molecule has 0 atom stereocenters. The largest absolute Gasteiger partial charge is 0.490 e. The average molecular weight is 480 g/mol. The molecule has 0 bridgehead atoms. The minimum absolute atomic E-state index is 0.232. The topological polar surface area (TPSA) is 38.8 Å². The van der Waals surface area contributed by atoms with E-state index in [2.05, 4.69) is 6.07 Å². The Labute approximate surface area is 202 Å². The van der Waals surface area contributed by atoms with E-state index in [1.165, 1.54) is 40.9 Å². The first-order valence-corrected chi connectivity index (χ1v) is 11.6. The number of hydrogen-bond acceptors (Lipinski definition) is 5. The van der Waals surface area contributed by atoms with Crippen LogP contribution in [-0.4, -0.2) is 23.4 Å². The second kappa shape index (κ2) is 10.2. The predicted molar refractivity (Wildman–Crippen MR) is 135 cm³/mol. The van der Waals surface area contributed by atoms with Gasteiger partial charge in [0.15, 0.2) is 4.32 Å². The highest BCUT2D eigenvalue weighted by Crippen LogP contribution is 2.36. The summed E-state index contributed by atoms with van der Waals surface area (Å²) in [5.74, 6) is 0.913. The van der Waals surface area contributed by atoms with E-state index in [0.717, 1.165) is 22.4 Å². The highest BCUT2D eigenvalue weighted by molar-refractivity contribution is 8.27. The molecule has 0 aliphatic carbocycles. The quantitative estimate of drug-likeness (QED) is 0.226. The lowest BCUT2D eigenvalue weighted by Gasteiger charge is -2.14. The summed E-state index contributed by atoms with van der Waals surface area (Å²) in [5, 5.41) is 0. The fraction of sp³-hybridized carbons (Fsp3) is 0.154. The lowest BCUT2D eigenvalue weighted by molar-refractivity contribution is -0.113. The second-order valence-corrected chi connectivity index (χ2v) is 9.26. The first kappa shape index (κ1) is 23.0. The van der Waals surface area contributed by atoms with E-state index in [4.69, 9.17) is 21.7 Å². The van der Waals surface area contributed by atoms with Crippen molar-refractivity contribution in [2.75, 3.05) is 18.1 Å². The number of carbonyl (C=O) groups is 1. The van der Waals surface area contributed by atoms with Crippen molar-refractivity contribution in [3.63, 3.8) is 0 Å². The Balaban J connectivity index is 1.38. The number of thiocarbonyl (C=S) groups is 1. The molecule has 3 aromatic rings. The van der Waals surface area contributed by atoms with E-state index in [0.29, 0.717) is 33.9 Å². The van der Waals surface area contributed by atoms with E-state index < -0.39 is 0 Å². The normalized spacial score (nSPS) is 14.8. The van der Waals surface area contributed by atoms with Crippen LogP contribution < -0.4 is 14.4 Å². The molecule has 0 N–H and O–H groups in total. The number of amides is 1. The molecular weight excluding hydrogens is 457 g/mol. The number of thioether (sulfide) groups is 1. The van der Waals surface area contributed by atoms with Crippen LogP contribution in [0.2, 0.25) is 0 Å². The Morgan fingerprint density at radius 1 is 0.939 bits per heavy atom. The number of hydrogen-bond donors (Lipinski definition) is 0. The molecule has 1 amide bonds. The fourth-order valence-electron chi connectivity index (χ4n) is 3.46. The molecule has 0 aromatic heterocycles. The monoisotopic (exact) mass is 479 g/mol. The molecule has 0 radical (unpaired) electrons. The van der Waals surface area contributed by atoms with Gasteiger partial charge in [0.05, 0.1) is 10.6 Å². The van der Waals surface area contributed by atoms with E-state index in [1.54, 1.807) is 6.08 Å². The predicted octanol–water partition coefficient (Wildman–Crippen LogP) is 6.31. The van der Waals surface area contributed by atoms with Gasteiger partial charge in [0.1, 0.15) is 30.5 Å². The number of aryl methyl sites for hydroxylation is 2. The minimum atomic E-state index is -0.365. The Morgan fingerprint density at radius 2 is 1.61 bits per heavy atom. The summed E-state index contributed by atoms with van der Waals surface area (Å²) >= 11 is 6.59. The number of nitrogens with zero attached hydrogens (tertiary/aromatic N) is 1. The maximum Gasteiger partial charge on any atom is 0.270 e. The Kier molecular flexibility index (Phi) is 7.11. The van der Waals surface area contributed by atoms with Crippen molar-refractivity contribution < 1.29 is 18.7 Å². The van der Waals surface area contributed by atoms with Gasteiger partial charge in [0.25, 0.3) is 5.91 Å². The first-order valence-electron chi connectivity index (χ1n) is 10.4. The average Bonchev–Trinajstić information content (AvgIpc) is 3.04. The van der Waals surface area contributed by atoms with Gasteiger partial charge in [-0.2, -0.15) is 0 Å². The van der Waals surface area contributed by atoms with Crippen LogP contribution in [0.25, 0.3) is 6.08 Å². The molecule has 4 nitrogen and oxygen atoms in total. The molecule has 1 aliphatic heterocycles. The molecule has 33 heavy (non-hydrogen) atoms. The maximum absolute atomic E-state index is 13.2. The van der Waals surface area contributed by atoms with Gasteiger partial charge in [-0.25, -0.2) is 4.39 Å².